The van der Waals surface area contributed by atoms with E-state index in [1.165, 1.54) is 6.08 Å². The molecule has 2 aliphatic rings. The molecule has 5 heteroatoms. The predicted octanol–water partition coefficient (Wildman–Crippen LogP) is 1.65. The van der Waals surface area contributed by atoms with Crippen LogP contribution >= 0.6 is 0 Å². The number of hydrogen-bond acceptors (Lipinski definition) is 4. The Kier molecular flexibility index (Phi) is 1.53. The summed E-state index contributed by atoms with van der Waals surface area (Å²) in [7, 11) is 0. The number of benzene rings is 1. The molecular weight excluding hydrogens is 210 g/mol. The minimum absolute atomic E-state index is 0.409. The highest BCUT2D eigenvalue weighted by Crippen LogP contribution is 2.54. The summed E-state index contributed by atoms with van der Waals surface area (Å²) in [5.41, 5.74) is -0.376. The monoisotopic (exact) mass is 217 g/mol. The van der Waals surface area contributed by atoms with Gasteiger partial charge in [-0.1, -0.05) is 23.4 Å². The van der Waals surface area contributed by atoms with Crippen LogP contribution < -0.4 is 4.74 Å². The van der Waals surface area contributed by atoms with Crippen molar-refractivity contribution in [1.82, 2.24) is 0 Å². The molecule has 0 radical (unpaired) electrons. The molecule has 80 valence electrons. The lowest BCUT2D eigenvalue weighted by atomic mass is 9.97. The molecule has 0 spiro atoms. The van der Waals surface area contributed by atoms with E-state index in [0.29, 0.717) is 16.9 Å². The molecular formula is C11H7NO4. The predicted molar refractivity (Wildman–Crippen MR) is 54.1 cm³/mol. The zero-order valence-corrected chi connectivity index (χ0v) is 8.08. The zero-order chi connectivity index (χ0) is 11.3. The van der Waals surface area contributed by atoms with Crippen molar-refractivity contribution in [3.63, 3.8) is 0 Å². The van der Waals surface area contributed by atoms with Crippen LogP contribution in [0, 0.1) is 4.91 Å². The topological polar surface area (TPSA) is 76.0 Å². The molecule has 1 aromatic rings. The van der Waals surface area contributed by atoms with Crippen molar-refractivity contribution in [2.24, 2.45) is 5.18 Å². The Hall–Kier alpha value is -2.17. The number of ether oxygens (including phenoxy) is 1. The number of carbonyl (C=O) groups is 1. The number of para-hydroxylation sites is 1. The van der Waals surface area contributed by atoms with Crippen molar-refractivity contribution >= 4 is 5.97 Å². The van der Waals surface area contributed by atoms with Crippen molar-refractivity contribution in [2.45, 2.75) is 11.6 Å². The van der Waals surface area contributed by atoms with Gasteiger partial charge in [0, 0.05) is 11.1 Å². The molecule has 1 aromatic carbocycles. The van der Waals surface area contributed by atoms with Crippen LogP contribution in [-0.4, -0.2) is 16.7 Å². The quantitative estimate of drug-likeness (QED) is 0.603. The molecule has 0 saturated carbocycles. The summed E-state index contributed by atoms with van der Waals surface area (Å²) in [4.78, 5) is 21.9. The van der Waals surface area contributed by atoms with Gasteiger partial charge in [0.15, 0.2) is 0 Å². The van der Waals surface area contributed by atoms with E-state index < -0.39 is 17.6 Å². The second-order valence-corrected chi connectivity index (χ2v) is 3.79. The first kappa shape index (κ1) is 9.08. The minimum atomic E-state index is -1.42. The van der Waals surface area contributed by atoms with Crippen LogP contribution in [0.15, 0.2) is 41.1 Å². The van der Waals surface area contributed by atoms with Gasteiger partial charge in [0.05, 0.1) is 0 Å². The number of carboxylic acids is 1. The first-order valence-corrected chi connectivity index (χ1v) is 4.76. The standard InChI is InChI=1S/C11H7NO4/c13-10(14)11-5-7(11)9(12-15)6-3-1-2-4-8(6)16-11/h1-5,9H,(H,13,14). The fraction of sp³-hybridized carbons (Fsp3) is 0.182. The normalized spacial score (nSPS) is 29.2. The van der Waals surface area contributed by atoms with Gasteiger partial charge < -0.3 is 9.84 Å². The third-order valence-electron chi connectivity index (χ3n) is 2.91. The van der Waals surface area contributed by atoms with E-state index in [0.717, 1.165) is 0 Å². The van der Waals surface area contributed by atoms with Crippen LogP contribution in [0.1, 0.15) is 11.6 Å². The molecule has 2 unspecified atom stereocenters. The first-order valence-electron chi connectivity index (χ1n) is 4.76. The van der Waals surface area contributed by atoms with Gasteiger partial charge in [0.1, 0.15) is 11.8 Å². The fourth-order valence-corrected chi connectivity index (χ4v) is 2.04. The van der Waals surface area contributed by atoms with E-state index in [-0.39, 0.29) is 0 Å². The summed E-state index contributed by atoms with van der Waals surface area (Å²) in [6.45, 7) is 0. The Morgan fingerprint density at radius 3 is 2.88 bits per heavy atom. The number of nitrogens with zero attached hydrogens (tertiary/aromatic N) is 1. The van der Waals surface area contributed by atoms with E-state index >= 15 is 0 Å². The lowest BCUT2D eigenvalue weighted by molar-refractivity contribution is -0.146. The molecule has 5 nitrogen and oxygen atoms in total. The Balaban J connectivity index is 2.13. The molecule has 1 N–H and O–H groups in total. The van der Waals surface area contributed by atoms with Crippen molar-refractivity contribution in [3.05, 3.63) is 46.4 Å². The fourth-order valence-electron chi connectivity index (χ4n) is 2.04. The van der Waals surface area contributed by atoms with Crippen LogP contribution in [-0.2, 0) is 4.79 Å². The van der Waals surface area contributed by atoms with E-state index in [4.69, 9.17) is 9.84 Å². The van der Waals surface area contributed by atoms with Crippen LogP contribution in [0.25, 0.3) is 0 Å². The Bertz CT molecular complexity index is 537. The van der Waals surface area contributed by atoms with Gasteiger partial charge in [-0.2, -0.15) is 0 Å². The third-order valence-corrected chi connectivity index (χ3v) is 2.91. The average Bonchev–Trinajstić information content (AvgIpc) is 3.00. The zero-order valence-electron chi connectivity index (χ0n) is 8.08. The first-order chi connectivity index (χ1) is 7.69. The number of nitroso groups, excluding NO2 is 1. The van der Waals surface area contributed by atoms with Gasteiger partial charge >= 0.3 is 5.97 Å². The van der Waals surface area contributed by atoms with E-state index in [2.05, 4.69) is 5.18 Å². The van der Waals surface area contributed by atoms with Gasteiger partial charge in [-0.3, -0.25) is 0 Å². The van der Waals surface area contributed by atoms with Crippen molar-refractivity contribution < 1.29 is 14.6 Å². The summed E-state index contributed by atoms with van der Waals surface area (Å²) >= 11 is 0. The molecule has 16 heavy (non-hydrogen) atoms. The summed E-state index contributed by atoms with van der Waals surface area (Å²) in [5, 5.41) is 12.0. The molecule has 1 aliphatic carbocycles. The number of carboxylic acid groups (broad SMARTS) is 1. The second kappa shape index (κ2) is 2.69. The SMILES string of the molecule is O=NC1C2=CC2(C(=O)O)Oc2ccccc21. The van der Waals surface area contributed by atoms with E-state index in [1.807, 2.05) is 0 Å². The van der Waals surface area contributed by atoms with E-state index in [1.54, 1.807) is 24.3 Å². The highest BCUT2D eigenvalue weighted by molar-refractivity contribution is 5.93. The Morgan fingerprint density at radius 2 is 2.19 bits per heavy atom. The van der Waals surface area contributed by atoms with Gasteiger partial charge in [-0.15, -0.1) is 4.91 Å². The Morgan fingerprint density at radius 1 is 1.44 bits per heavy atom. The summed E-state index contributed by atoms with van der Waals surface area (Å²) in [5.74, 6) is -0.697. The molecule has 0 amide bonds. The van der Waals surface area contributed by atoms with Crippen molar-refractivity contribution in [1.29, 1.82) is 0 Å². The maximum Gasteiger partial charge on any atom is 0.356 e. The Labute approximate surface area is 90.3 Å². The van der Waals surface area contributed by atoms with Crippen molar-refractivity contribution in [2.75, 3.05) is 0 Å². The average molecular weight is 217 g/mol. The van der Waals surface area contributed by atoms with Crippen LogP contribution in [0.3, 0.4) is 0 Å². The maximum absolute atomic E-state index is 11.1. The van der Waals surface area contributed by atoms with Crippen LogP contribution in [0.2, 0.25) is 0 Å². The molecule has 0 saturated heterocycles. The van der Waals surface area contributed by atoms with Crippen LogP contribution in [0.4, 0.5) is 0 Å². The van der Waals surface area contributed by atoms with Crippen molar-refractivity contribution in [3.8, 4) is 5.75 Å². The van der Waals surface area contributed by atoms with Gasteiger partial charge in [0.2, 0.25) is 5.60 Å². The lowest BCUT2D eigenvalue weighted by Crippen LogP contribution is -2.37. The smallest absolute Gasteiger partial charge is 0.356 e. The van der Waals surface area contributed by atoms with Gasteiger partial charge in [0.25, 0.3) is 0 Å². The molecule has 1 heterocycles. The van der Waals surface area contributed by atoms with Gasteiger partial charge in [-0.25, -0.2) is 4.79 Å². The third kappa shape index (κ3) is 0.920. The molecule has 1 aliphatic heterocycles. The molecule has 0 fully saturated rings. The molecule has 0 aromatic heterocycles. The lowest BCUT2D eigenvalue weighted by Gasteiger charge is -2.26. The maximum atomic E-state index is 11.1. The molecule has 3 rings (SSSR count). The number of rotatable bonds is 2. The second-order valence-electron chi connectivity index (χ2n) is 3.79. The van der Waals surface area contributed by atoms with E-state index in [9.17, 15) is 9.70 Å². The number of fused-ring (bicyclic) bond motifs is 2. The molecule has 2 atom stereocenters. The number of aliphatic carboxylic acids is 1. The number of hydrogen-bond donors (Lipinski definition) is 1. The molecule has 0 bridgehead atoms. The largest absolute Gasteiger partial charge is 0.478 e. The highest BCUT2D eigenvalue weighted by Gasteiger charge is 2.61. The summed E-state index contributed by atoms with van der Waals surface area (Å²) in [6, 6.07) is 6.11. The summed E-state index contributed by atoms with van der Waals surface area (Å²) in [6.07, 6.45) is 1.43. The van der Waals surface area contributed by atoms with Crippen LogP contribution in [0.5, 0.6) is 5.75 Å². The van der Waals surface area contributed by atoms with Gasteiger partial charge in [-0.05, 0) is 12.1 Å². The minimum Gasteiger partial charge on any atom is -0.478 e. The summed E-state index contributed by atoms with van der Waals surface area (Å²) < 4.78 is 5.40. The highest BCUT2D eigenvalue weighted by atomic mass is 16.5.